The van der Waals surface area contributed by atoms with Gasteiger partial charge in [0.2, 0.25) is 0 Å². The summed E-state index contributed by atoms with van der Waals surface area (Å²) < 4.78 is 40.0. The first-order chi connectivity index (χ1) is 21.7. The van der Waals surface area contributed by atoms with Crippen molar-refractivity contribution in [1.29, 1.82) is 5.26 Å². The van der Waals surface area contributed by atoms with Gasteiger partial charge >= 0.3 is 0 Å². The van der Waals surface area contributed by atoms with Gasteiger partial charge in [0.05, 0.1) is 44.0 Å². The Kier molecular flexibility index (Phi) is 8.18. The number of fused-ring (bicyclic) bond motifs is 4. The molecule has 46 heavy (non-hydrogen) atoms. The highest BCUT2D eigenvalue weighted by molar-refractivity contribution is 6.70. The minimum Gasteiger partial charge on any atom is -0.408 e. The summed E-state index contributed by atoms with van der Waals surface area (Å²) in [5, 5.41) is 10.7. The summed E-state index contributed by atoms with van der Waals surface area (Å²) in [6.07, 6.45) is 7.29. The Bertz CT molecular complexity index is 1430. The summed E-state index contributed by atoms with van der Waals surface area (Å²) in [6.45, 7) is 20.7. The average molecular weight is 666 g/mol. The average Bonchev–Trinajstić information content (AvgIpc) is 3.73. The molecule has 6 aliphatic rings. The molecule has 2 saturated heterocycles. The van der Waals surface area contributed by atoms with E-state index in [2.05, 4.69) is 77.4 Å². The summed E-state index contributed by atoms with van der Waals surface area (Å²) in [5.74, 6) is 0.0767. The quantitative estimate of drug-likeness (QED) is 0.224. The van der Waals surface area contributed by atoms with E-state index in [0.29, 0.717) is 38.3 Å². The third kappa shape index (κ3) is 5.08. The van der Waals surface area contributed by atoms with Crippen molar-refractivity contribution >= 4 is 16.6 Å². The van der Waals surface area contributed by atoms with E-state index in [-0.39, 0.29) is 17.6 Å². The third-order valence-corrected chi connectivity index (χ3v) is 14.2. The maximum Gasteiger partial charge on any atom is 0.185 e. The second-order valence-corrected chi connectivity index (χ2v) is 25.9. The van der Waals surface area contributed by atoms with E-state index in [4.69, 9.17) is 27.8 Å². The lowest BCUT2D eigenvalue weighted by atomic mass is 9.51. The zero-order chi connectivity index (χ0) is 32.8. The Labute approximate surface area is 278 Å². The van der Waals surface area contributed by atoms with Gasteiger partial charge in [0.25, 0.3) is 0 Å². The lowest BCUT2D eigenvalue weighted by molar-refractivity contribution is -0.222. The Morgan fingerprint density at radius 2 is 1.50 bits per heavy atom. The van der Waals surface area contributed by atoms with Gasteiger partial charge in [-0.25, -0.2) is 0 Å². The van der Waals surface area contributed by atoms with Crippen molar-refractivity contribution in [3.05, 3.63) is 46.0 Å². The number of nitriles is 1. The fourth-order valence-electron chi connectivity index (χ4n) is 10.8. The van der Waals surface area contributed by atoms with E-state index >= 15 is 0 Å². The monoisotopic (exact) mass is 665 g/mol. The molecule has 1 aromatic rings. The van der Waals surface area contributed by atoms with Crippen molar-refractivity contribution < 1.29 is 27.8 Å². The first-order valence-corrected chi connectivity index (χ1v) is 24.6. The molecule has 0 N–H and O–H groups in total. The van der Waals surface area contributed by atoms with Crippen LogP contribution in [-0.2, 0) is 27.8 Å². The molecule has 2 aliphatic heterocycles. The van der Waals surface area contributed by atoms with Gasteiger partial charge in [-0.3, -0.25) is 0 Å². The van der Waals surface area contributed by atoms with Crippen LogP contribution in [0.25, 0.3) is 0 Å². The Balaban J connectivity index is 1.37. The van der Waals surface area contributed by atoms with Crippen LogP contribution >= 0.6 is 0 Å². The molecule has 7 nitrogen and oxygen atoms in total. The predicted octanol–water partition coefficient (Wildman–Crippen LogP) is 8.28. The van der Waals surface area contributed by atoms with Gasteiger partial charge in [0, 0.05) is 17.4 Å². The van der Waals surface area contributed by atoms with Gasteiger partial charge in [-0.15, -0.1) is 0 Å². The highest BCUT2D eigenvalue weighted by Gasteiger charge is 2.68. The smallest absolute Gasteiger partial charge is 0.185 e. The third-order valence-electron chi connectivity index (χ3n) is 12.3. The van der Waals surface area contributed by atoms with Crippen LogP contribution in [0.15, 0.2) is 29.3 Å². The Morgan fingerprint density at radius 3 is 2.15 bits per heavy atom. The molecular formula is C37H55NO6Si2. The molecule has 1 spiro atoms. The van der Waals surface area contributed by atoms with E-state index in [0.717, 1.165) is 56.9 Å². The topological polar surface area (TPSA) is 79.2 Å². The van der Waals surface area contributed by atoms with Gasteiger partial charge in [0.15, 0.2) is 28.7 Å². The van der Waals surface area contributed by atoms with Crippen LogP contribution in [0.2, 0.25) is 39.3 Å². The summed E-state index contributed by atoms with van der Waals surface area (Å²) in [6, 6.07) is 9.37. The van der Waals surface area contributed by atoms with Crippen LogP contribution in [0.5, 0.6) is 0 Å². The summed E-state index contributed by atoms with van der Waals surface area (Å²) in [4.78, 5) is 0. The lowest BCUT2D eigenvalue weighted by Gasteiger charge is -2.60. The zero-order valence-corrected chi connectivity index (χ0v) is 31.4. The molecule has 0 radical (unpaired) electrons. The number of benzene rings is 1. The molecular weight excluding hydrogens is 611 g/mol. The number of hydrogen-bond acceptors (Lipinski definition) is 7. The Hall–Kier alpha value is -1.36. The van der Waals surface area contributed by atoms with Crippen molar-refractivity contribution in [2.75, 3.05) is 26.4 Å². The van der Waals surface area contributed by atoms with E-state index < -0.39 is 33.6 Å². The van der Waals surface area contributed by atoms with Crippen molar-refractivity contribution in [2.24, 2.45) is 17.3 Å². The fraction of sp³-hybridized carbons (Fsp3) is 0.757. The number of allylic oxidation sites excluding steroid dienone is 1. The molecule has 3 saturated carbocycles. The van der Waals surface area contributed by atoms with E-state index in [1.54, 1.807) is 5.57 Å². The molecule has 4 aliphatic carbocycles. The number of ether oxygens (including phenoxy) is 4. The number of nitrogens with zero attached hydrogens (tertiary/aromatic N) is 1. The number of rotatable bonds is 6. The van der Waals surface area contributed by atoms with Crippen LogP contribution in [0.1, 0.15) is 87.2 Å². The second kappa shape index (κ2) is 11.3. The maximum atomic E-state index is 10.7. The molecule has 6 atom stereocenters. The molecule has 252 valence electrons. The summed E-state index contributed by atoms with van der Waals surface area (Å²) in [7, 11) is -4.00. The van der Waals surface area contributed by atoms with Gasteiger partial charge in [-0.05, 0) is 120 Å². The summed E-state index contributed by atoms with van der Waals surface area (Å²) >= 11 is 0. The Morgan fingerprint density at radius 1 is 0.826 bits per heavy atom. The molecule has 2 heterocycles. The standard InChI is InChI=1S/C37H55NO6Si2/c1-25-26(10-9-11-27(25)33-39-20-21-40-33)32-36(44-46(6,7)8)18-13-28-29(31(36)15-19-37(32)41-22-23-42-37)12-16-34(2)30(28)14-17-35(34,24-38)43-45(3,4)5/h9-11,28,30,32-33H,12-23H2,1-8H3/t28-,30+,32?,34+,35+,36+/m1/s1. The van der Waals surface area contributed by atoms with E-state index in [1.165, 1.54) is 16.7 Å². The predicted molar refractivity (Wildman–Crippen MR) is 182 cm³/mol. The first-order valence-electron chi connectivity index (χ1n) is 17.8. The van der Waals surface area contributed by atoms with Crippen molar-refractivity contribution in [2.45, 2.75) is 134 Å². The first kappa shape index (κ1) is 33.2. The maximum absolute atomic E-state index is 10.7. The van der Waals surface area contributed by atoms with Crippen LogP contribution < -0.4 is 0 Å². The lowest BCUT2D eigenvalue weighted by Crippen LogP contribution is -2.62. The van der Waals surface area contributed by atoms with Crippen LogP contribution in [0.3, 0.4) is 0 Å². The van der Waals surface area contributed by atoms with Crippen molar-refractivity contribution in [3.63, 3.8) is 0 Å². The molecule has 0 bridgehead atoms. The number of hydrogen-bond donors (Lipinski definition) is 0. The fourth-order valence-corrected chi connectivity index (χ4v) is 13.7. The molecule has 9 heteroatoms. The normalized spacial score (nSPS) is 37.7. The van der Waals surface area contributed by atoms with Gasteiger partial charge in [-0.2, -0.15) is 5.26 Å². The second-order valence-electron chi connectivity index (χ2n) is 17.0. The van der Waals surface area contributed by atoms with Gasteiger partial charge in [0.1, 0.15) is 5.60 Å². The molecule has 7 rings (SSSR count). The highest BCUT2D eigenvalue weighted by atomic mass is 28.4. The van der Waals surface area contributed by atoms with Gasteiger partial charge in [-0.1, -0.05) is 30.7 Å². The van der Waals surface area contributed by atoms with Crippen LogP contribution in [-0.4, -0.2) is 60.1 Å². The van der Waals surface area contributed by atoms with E-state index in [9.17, 15) is 5.26 Å². The largest absolute Gasteiger partial charge is 0.408 e. The van der Waals surface area contributed by atoms with Crippen LogP contribution in [0.4, 0.5) is 0 Å². The van der Waals surface area contributed by atoms with E-state index in [1.807, 2.05) is 0 Å². The van der Waals surface area contributed by atoms with Crippen molar-refractivity contribution in [1.82, 2.24) is 0 Å². The minimum absolute atomic E-state index is 0.0990. The molecule has 1 unspecified atom stereocenters. The summed E-state index contributed by atoms with van der Waals surface area (Å²) in [5.41, 5.74) is 5.32. The zero-order valence-electron chi connectivity index (χ0n) is 29.4. The molecule has 5 fully saturated rings. The van der Waals surface area contributed by atoms with Gasteiger partial charge < -0.3 is 27.8 Å². The van der Waals surface area contributed by atoms with Crippen LogP contribution in [0, 0.1) is 35.5 Å². The SMILES string of the molecule is Cc1c(C2OCCO2)cccc1C1C2(CCC3=C4CC[C@@]5(C)[C@@H](CC[C@@]5(C#N)O[Si](C)(C)C)[C@@H]4CC[C@]31O[Si](C)(C)C)OCCO2. The molecule has 1 aromatic carbocycles. The van der Waals surface area contributed by atoms with Crippen molar-refractivity contribution in [3.8, 4) is 6.07 Å². The highest BCUT2D eigenvalue weighted by Crippen LogP contribution is 2.68. The molecule has 0 amide bonds. The minimum atomic E-state index is -2.07. The molecule has 0 aromatic heterocycles.